The lowest BCUT2D eigenvalue weighted by atomic mass is 9.97. The molecular weight excluding hydrogens is 280 g/mol. The van der Waals surface area contributed by atoms with Crippen molar-refractivity contribution in [1.82, 2.24) is 4.90 Å². The second kappa shape index (κ2) is 4.60. The van der Waals surface area contributed by atoms with Crippen molar-refractivity contribution in [2.75, 3.05) is 0 Å². The second-order valence-electron chi connectivity index (χ2n) is 5.25. The van der Waals surface area contributed by atoms with Crippen molar-refractivity contribution in [3.05, 3.63) is 70.6 Å². The first-order chi connectivity index (χ1) is 10.3. The van der Waals surface area contributed by atoms with Crippen LogP contribution in [0.3, 0.4) is 0 Å². The molecule has 2 heterocycles. The number of nitrogens with zero attached hydrogens (tertiary/aromatic N) is 1. The third-order valence-corrected chi connectivity index (χ3v) is 5.07. The van der Waals surface area contributed by atoms with Crippen LogP contribution in [0.4, 0.5) is 4.79 Å². The Balaban J connectivity index is 1.94. The summed E-state index contributed by atoms with van der Waals surface area (Å²) in [5.74, 6) is 0. The molecule has 1 aliphatic heterocycles. The number of primary amides is 1. The van der Waals surface area contributed by atoms with Gasteiger partial charge in [-0.1, -0.05) is 42.5 Å². The molecule has 4 rings (SSSR count). The largest absolute Gasteiger partial charge is 0.351 e. The lowest BCUT2D eigenvalue weighted by Gasteiger charge is -2.23. The molecule has 104 valence electrons. The van der Waals surface area contributed by atoms with Crippen LogP contribution in [0.2, 0.25) is 0 Å². The molecule has 21 heavy (non-hydrogen) atoms. The highest BCUT2D eigenvalue weighted by molar-refractivity contribution is 7.17. The maximum atomic E-state index is 11.9. The zero-order valence-electron chi connectivity index (χ0n) is 11.3. The van der Waals surface area contributed by atoms with Gasteiger partial charge in [-0.3, -0.25) is 0 Å². The van der Waals surface area contributed by atoms with E-state index < -0.39 is 0 Å². The number of rotatable bonds is 1. The first-order valence-corrected chi connectivity index (χ1v) is 7.73. The molecule has 1 atom stereocenters. The first-order valence-electron chi connectivity index (χ1n) is 6.85. The van der Waals surface area contributed by atoms with Crippen LogP contribution in [0.1, 0.15) is 22.7 Å². The Morgan fingerprint density at radius 1 is 1.10 bits per heavy atom. The van der Waals surface area contributed by atoms with Gasteiger partial charge in [-0.25, -0.2) is 4.79 Å². The Hall–Kier alpha value is -2.33. The van der Waals surface area contributed by atoms with Crippen LogP contribution in [0.5, 0.6) is 0 Å². The maximum absolute atomic E-state index is 11.9. The predicted molar refractivity (Wildman–Crippen MR) is 85.2 cm³/mol. The van der Waals surface area contributed by atoms with E-state index >= 15 is 0 Å². The summed E-state index contributed by atoms with van der Waals surface area (Å²) in [6.07, 6.45) is 0. The molecule has 1 aromatic heterocycles. The molecule has 3 nitrogen and oxygen atoms in total. The third kappa shape index (κ3) is 1.83. The molecule has 0 aliphatic carbocycles. The van der Waals surface area contributed by atoms with Crippen LogP contribution < -0.4 is 5.73 Å². The number of hydrogen-bond acceptors (Lipinski definition) is 2. The molecule has 0 radical (unpaired) electrons. The topological polar surface area (TPSA) is 46.3 Å². The highest BCUT2D eigenvalue weighted by Gasteiger charge is 2.34. The molecule has 1 unspecified atom stereocenters. The Morgan fingerprint density at radius 2 is 1.86 bits per heavy atom. The van der Waals surface area contributed by atoms with E-state index in [9.17, 15) is 4.79 Å². The average Bonchev–Trinajstić information content (AvgIpc) is 3.07. The summed E-state index contributed by atoms with van der Waals surface area (Å²) in [5.41, 5.74) is 9.13. The summed E-state index contributed by atoms with van der Waals surface area (Å²) in [6, 6.07) is 16.0. The smallest absolute Gasteiger partial charge is 0.315 e. The van der Waals surface area contributed by atoms with E-state index in [1.54, 1.807) is 16.2 Å². The number of amides is 2. The Morgan fingerprint density at radius 3 is 2.71 bits per heavy atom. The number of benzene rings is 2. The molecule has 2 amide bonds. The van der Waals surface area contributed by atoms with Crippen molar-refractivity contribution in [3.63, 3.8) is 0 Å². The fraction of sp³-hybridized carbons (Fsp3) is 0.118. The fourth-order valence-corrected chi connectivity index (χ4v) is 4.12. The van der Waals surface area contributed by atoms with E-state index in [1.165, 1.54) is 26.8 Å². The summed E-state index contributed by atoms with van der Waals surface area (Å²) in [6.45, 7) is 0.584. The van der Waals surface area contributed by atoms with Crippen molar-refractivity contribution in [3.8, 4) is 0 Å². The summed E-state index contributed by atoms with van der Waals surface area (Å²) in [4.78, 5) is 13.6. The van der Waals surface area contributed by atoms with Crippen molar-refractivity contribution in [2.24, 2.45) is 5.73 Å². The third-order valence-electron chi connectivity index (χ3n) is 4.09. The van der Waals surface area contributed by atoms with Gasteiger partial charge in [0.25, 0.3) is 0 Å². The van der Waals surface area contributed by atoms with Crippen LogP contribution in [-0.2, 0) is 6.54 Å². The van der Waals surface area contributed by atoms with Gasteiger partial charge in [0.15, 0.2) is 0 Å². The van der Waals surface area contributed by atoms with Gasteiger partial charge in [-0.05, 0) is 33.5 Å². The molecule has 0 spiro atoms. The molecule has 2 aromatic carbocycles. The normalized spacial score (nSPS) is 17.1. The highest BCUT2D eigenvalue weighted by Crippen LogP contribution is 2.42. The van der Waals surface area contributed by atoms with Gasteiger partial charge < -0.3 is 10.6 Å². The van der Waals surface area contributed by atoms with Crippen molar-refractivity contribution < 1.29 is 4.79 Å². The number of hydrogen-bond donors (Lipinski definition) is 1. The monoisotopic (exact) mass is 294 g/mol. The van der Waals surface area contributed by atoms with Crippen molar-refractivity contribution in [1.29, 1.82) is 0 Å². The van der Waals surface area contributed by atoms with Gasteiger partial charge in [0, 0.05) is 11.2 Å². The molecule has 0 saturated carbocycles. The van der Waals surface area contributed by atoms with Crippen LogP contribution in [0, 0.1) is 0 Å². The second-order valence-corrected chi connectivity index (χ2v) is 6.17. The molecule has 4 heteroatoms. The Labute approximate surface area is 126 Å². The Bertz CT molecular complexity index is 839. The number of nitrogens with two attached hydrogens (primary N) is 1. The summed E-state index contributed by atoms with van der Waals surface area (Å²) >= 11 is 1.71. The van der Waals surface area contributed by atoms with Gasteiger partial charge in [-0.15, -0.1) is 11.3 Å². The molecule has 0 fully saturated rings. The Kier molecular flexibility index (Phi) is 2.72. The van der Waals surface area contributed by atoms with Gasteiger partial charge >= 0.3 is 6.03 Å². The number of urea groups is 1. The quantitative estimate of drug-likeness (QED) is 0.727. The molecule has 3 aromatic rings. The molecule has 1 aliphatic rings. The summed E-state index contributed by atoms with van der Waals surface area (Å²) < 4.78 is 1.24. The lowest BCUT2D eigenvalue weighted by Crippen LogP contribution is -2.34. The van der Waals surface area contributed by atoms with Gasteiger partial charge in [0.1, 0.15) is 0 Å². The minimum atomic E-state index is -0.369. The number of thiophene rings is 1. The van der Waals surface area contributed by atoms with E-state index in [2.05, 4.69) is 29.6 Å². The molecule has 0 saturated heterocycles. The van der Waals surface area contributed by atoms with E-state index in [0.29, 0.717) is 6.54 Å². The van der Waals surface area contributed by atoms with Gasteiger partial charge in [0.05, 0.1) is 6.04 Å². The van der Waals surface area contributed by atoms with E-state index in [1.807, 2.05) is 24.3 Å². The standard InChI is InChI=1S/C17H14N2OS/c18-17(20)19-9-11-5-1-2-6-12(11)16(19)14-10-21-15-8-4-3-7-13(14)15/h1-8,10,16H,9H2,(H2,18,20). The van der Waals surface area contributed by atoms with Crippen LogP contribution >= 0.6 is 11.3 Å². The molecule has 0 bridgehead atoms. The summed E-state index contributed by atoms with van der Waals surface area (Å²) in [7, 11) is 0. The zero-order valence-corrected chi connectivity index (χ0v) is 12.1. The number of carbonyl (C=O) groups is 1. The van der Waals surface area contributed by atoms with E-state index in [0.717, 1.165) is 0 Å². The lowest BCUT2D eigenvalue weighted by molar-refractivity contribution is 0.199. The van der Waals surface area contributed by atoms with Crippen LogP contribution in [0.15, 0.2) is 53.9 Å². The zero-order chi connectivity index (χ0) is 14.4. The average molecular weight is 294 g/mol. The first kappa shape index (κ1) is 12.4. The summed E-state index contributed by atoms with van der Waals surface area (Å²) in [5, 5.41) is 3.35. The number of carbonyl (C=O) groups excluding carboxylic acids is 1. The minimum absolute atomic E-state index is 0.0742. The van der Waals surface area contributed by atoms with E-state index in [4.69, 9.17) is 5.73 Å². The number of fused-ring (bicyclic) bond motifs is 2. The van der Waals surface area contributed by atoms with Crippen molar-refractivity contribution in [2.45, 2.75) is 12.6 Å². The van der Waals surface area contributed by atoms with Gasteiger partial charge in [0.2, 0.25) is 0 Å². The van der Waals surface area contributed by atoms with Gasteiger partial charge in [-0.2, -0.15) is 0 Å². The van der Waals surface area contributed by atoms with E-state index in [-0.39, 0.29) is 12.1 Å². The minimum Gasteiger partial charge on any atom is -0.351 e. The van der Waals surface area contributed by atoms with Crippen molar-refractivity contribution >= 4 is 27.5 Å². The SMILES string of the molecule is NC(=O)N1Cc2ccccc2C1c1csc2ccccc12. The molecular formula is C17H14N2OS. The predicted octanol–water partition coefficient (Wildman–Crippen LogP) is 3.89. The maximum Gasteiger partial charge on any atom is 0.315 e. The van der Waals surface area contributed by atoms with Crippen LogP contribution in [0.25, 0.3) is 10.1 Å². The highest BCUT2D eigenvalue weighted by atomic mass is 32.1. The molecule has 2 N–H and O–H groups in total. The fourth-order valence-electron chi connectivity index (χ4n) is 3.14. The van der Waals surface area contributed by atoms with Crippen LogP contribution in [-0.4, -0.2) is 10.9 Å².